The molecule has 0 saturated heterocycles. The van der Waals surface area contributed by atoms with Crippen LogP contribution in [0.4, 0.5) is 0 Å². The predicted octanol–water partition coefficient (Wildman–Crippen LogP) is 1.85. The van der Waals surface area contributed by atoms with Gasteiger partial charge in [-0.05, 0) is 18.2 Å². The fourth-order valence-corrected chi connectivity index (χ4v) is 2.51. The molecule has 3 rings (SSSR count). The summed E-state index contributed by atoms with van der Waals surface area (Å²) >= 11 is 12.2. The quantitative estimate of drug-likeness (QED) is 0.787. The molecule has 2 N–H and O–H groups in total. The Morgan fingerprint density at radius 2 is 1.90 bits per heavy atom. The first kappa shape index (κ1) is 14.0. The standard InChI is InChI=1S/C14H10Cl2N4O/c15-9-4-2-1-3-8(9)14-13-10(5-6-11(16)19-13)18-12(17)7-20(14)21/h1-6,17,21H,7H2. The van der Waals surface area contributed by atoms with Gasteiger partial charge in [0, 0.05) is 5.56 Å². The first-order chi connectivity index (χ1) is 10.1. The lowest BCUT2D eigenvalue weighted by molar-refractivity contribution is -0.0123. The van der Waals surface area contributed by atoms with E-state index in [0.29, 0.717) is 27.0 Å². The SMILES string of the molecule is N=C1CN(O)C(c2ccccc2Cl)=c2nc(Cl)ccc2=N1. The maximum atomic E-state index is 10.3. The average molecular weight is 321 g/mol. The number of halogens is 2. The summed E-state index contributed by atoms with van der Waals surface area (Å²) < 4.78 is 0. The molecule has 0 atom stereocenters. The Labute approximate surface area is 130 Å². The maximum Gasteiger partial charge on any atom is 0.143 e. The van der Waals surface area contributed by atoms with Gasteiger partial charge in [-0.15, -0.1) is 0 Å². The van der Waals surface area contributed by atoms with Gasteiger partial charge in [0.2, 0.25) is 0 Å². The highest BCUT2D eigenvalue weighted by Crippen LogP contribution is 2.23. The van der Waals surface area contributed by atoms with Gasteiger partial charge < -0.3 is 0 Å². The van der Waals surface area contributed by atoms with Crippen LogP contribution in [0, 0.1) is 5.41 Å². The number of amidine groups is 1. The van der Waals surface area contributed by atoms with Gasteiger partial charge in [0.15, 0.2) is 0 Å². The third kappa shape index (κ3) is 2.63. The largest absolute Gasteiger partial charge is 0.288 e. The fourth-order valence-electron chi connectivity index (χ4n) is 2.14. The maximum absolute atomic E-state index is 10.3. The molecule has 0 unspecified atom stereocenters. The summed E-state index contributed by atoms with van der Waals surface area (Å²) in [5, 5.41) is 20.6. The second-order valence-corrected chi connectivity index (χ2v) is 5.24. The molecule has 0 spiro atoms. The van der Waals surface area contributed by atoms with E-state index in [9.17, 15) is 5.21 Å². The van der Waals surface area contributed by atoms with E-state index in [1.54, 1.807) is 36.4 Å². The van der Waals surface area contributed by atoms with E-state index in [1.165, 1.54) is 0 Å². The number of hydrogen-bond donors (Lipinski definition) is 2. The van der Waals surface area contributed by atoms with Crippen LogP contribution in [0.2, 0.25) is 10.2 Å². The number of hydrogen-bond acceptors (Lipinski definition) is 4. The van der Waals surface area contributed by atoms with Crippen molar-refractivity contribution in [3.05, 3.63) is 62.8 Å². The summed E-state index contributed by atoms with van der Waals surface area (Å²) in [4.78, 5) is 8.37. The van der Waals surface area contributed by atoms with Crippen LogP contribution >= 0.6 is 23.2 Å². The number of hydroxylamine groups is 2. The molecule has 0 bridgehead atoms. The minimum absolute atomic E-state index is 0.0185. The van der Waals surface area contributed by atoms with Crippen LogP contribution in [0.25, 0.3) is 5.70 Å². The number of nitrogens with one attached hydrogen (secondary N) is 1. The first-order valence-corrected chi connectivity index (χ1v) is 6.86. The van der Waals surface area contributed by atoms with Crippen molar-refractivity contribution in [1.82, 2.24) is 10.0 Å². The zero-order chi connectivity index (χ0) is 15.0. The molecule has 1 aromatic carbocycles. The second-order valence-electron chi connectivity index (χ2n) is 4.45. The molecule has 21 heavy (non-hydrogen) atoms. The highest BCUT2D eigenvalue weighted by Gasteiger charge is 2.19. The minimum Gasteiger partial charge on any atom is -0.288 e. The van der Waals surface area contributed by atoms with Gasteiger partial charge in [0.05, 0.1) is 10.4 Å². The molecule has 1 aromatic heterocycles. The molecule has 0 amide bonds. The van der Waals surface area contributed by atoms with E-state index in [4.69, 9.17) is 28.6 Å². The van der Waals surface area contributed by atoms with Gasteiger partial charge in [-0.1, -0.05) is 41.4 Å². The average Bonchev–Trinajstić information content (AvgIpc) is 2.55. The molecule has 0 saturated carbocycles. The molecule has 2 heterocycles. The number of aromatic nitrogens is 1. The molecule has 0 radical (unpaired) electrons. The Balaban J connectivity index is 2.46. The van der Waals surface area contributed by atoms with Crippen molar-refractivity contribution >= 4 is 34.7 Å². The Morgan fingerprint density at radius 1 is 1.14 bits per heavy atom. The summed E-state index contributed by atoms with van der Waals surface area (Å²) in [6.45, 7) is -0.0610. The molecule has 1 aliphatic rings. The summed E-state index contributed by atoms with van der Waals surface area (Å²) in [7, 11) is 0. The van der Waals surface area contributed by atoms with Crippen LogP contribution in [0.5, 0.6) is 0 Å². The highest BCUT2D eigenvalue weighted by atomic mass is 35.5. The zero-order valence-electron chi connectivity index (χ0n) is 10.7. The molecule has 5 nitrogen and oxygen atoms in total. The predicted molar refractivity (Wildman–Crippen MR) is 80.2 cm³/mol. The van der Waals surface area contributed by atoms with Gasteiger partial charge >= 0.3 is 0 Å². The van der Waals surface area contributed by atoms with Crippen molar-refractivity contribution in [3.63, 3.8) is 0 Å². The van der Waals surface area contributed by atoms with Crippen LogP contribution in [0.1, 0.15) is 5.56 Å². The van der Waals surface area contributed by atoms with Crippen LogP contribution in [-0.4, -0.2) is 27.6 Å². The van der Waals surface area contributed by atoms with Crippen molar-refractivity contribution in [2.24, 2.45) is 4.99 Å². The van der Waals surface area contributed by atoms with E-state index >= 15 is 0 Å². The molecule has 1 aliphatic heterocycles. The minimum atomic E-state index is -0.0610. The van der Waals surface area contributed by atoms with Gasteiger partial charge in [0.1, 0.15) is 28.6 Å². The van der Waals surface area contributed by atoms with Crippen LogP contribution in [0.15, 0.2) is 41.4 Å². The Bertz CT molecular complexity index is 850. The molecule has 2 aromatic rings. The molecule has 0 fully saturated rings. The van der Waals surface area contributed by atoms with Crippen LogP contribution in [0.3, 0.4) is 0 Å². The fraction of sp³-hybridized carbons (Fsp3) is 0.0714. The van der Waals surface area contributed by atoms with E-state index in [0.717, 1.165) is 5.06 Å². The van der Waals surface area contributed by atoms with Crippen molar-refractivity contribution in [2.75, 3.05) is 6.54 Å². The number of rotatable bonds is 1. The molecule has 7 heteroatoms. The normalized spacial score (nSPS) is 14.5. The summed E-state index contributed by atoms with van der Waals surface area (Å²) in [6, 6.07) is 10.3. The lowest BCUT2D eigenvalue weighted by Crippen LogP contribution is -2.34. The third-order valence-corrected chi connectivity index (χ3v) is 3.55. The van der Waals surface area contributed by atoms with Gasteiger partial charge in [-0.25, -0.2) is 15.0 Å². The number of nitrogens with zero attached hydrogens (tertiary/aromatic N) is 3. The van der Waals surface area contributed by atoms with Gasteiger partial charge in [0.25, 0.3) is 0 Å². The number of benzene rings is 1. The van der Waals surface area contributed by atoms with Crippen LogP contribution < -0.4 is 10.7 Å². The highest BCUT2D eigenvalue weighted by molar-refractivity contribution is 6.32. The van der Waals surface area contributed by atoms with Crippen molar-refractivity contribution < 1.29 is 5.21 Å². The topological polar surface area (TPSA) is 72.6 Å². The van der Waals surface area contributed by atoms with Gasteiger partial charge in [-0.3, -0.25) is 10.6 Å². The van der Waals surface area contributed by atoms with E-state index in [2.05, 4.69) is 9.98 Å². The molecular weight excluding hydrogens is 311 g/mol. The van der Waals surface area contributed by atoms with Crippen molar-refractivity contribution in [1.29, 1.82) is 5.41 Å². The summed E-state index contributed by atoms with van der Waals surface area (Å²) in [6.07, 6.45) is 0. The number of fused-ring (bicyclic) bond motifs is 1. The molecule has 106 valence electrons. The second kappa shape index (κ2) is 5.44. The van der Waals surface area contributed by atoms with E-state index < -0.39 is 0 Å². The zero-order valence-corrected chi connectivity index (χ0v) is 12.2. The lowest BCUT2D eigenvalue weighted by Gasteiger charge is -2.19. The number of pyridine rings is 1. The Hall–Kier alpha value is -1.95. The van der Waals surface area contributed by atoms with E-state index in [-0.39, 0.29) is 17.5 Å². The van der Waals surface area contributed by atoms with Crippen LogP contribution in [-0.2, 0) is 0 Å². The Kier molecular flexibility index (Phi) is 3.63. The van der Waals surface area contributed by atoms with Gasteiger partial charge in [-0.2, -0.15) is 0 Å². The smallest absolute Gasteiger partial charge is 0.143 e. The summed E-state index contributed by atoms with van der Waals surface area (Å²) in [5.41, 5.74) is 0.978. The van der Waals surface area contributed by atoms with Crippen molar-refractivity contribution in [3.8, 4) is 0 Å². The van der Waals surface area contributed by atoms with Crippen molar-refractivity contribution in [2.45, 2.75) is 0 Å². The Morgan fingerprint density at radius 3 is 2.67 bits per heavy atom. The molecule has 0 aliphatic carbocycles. The monoisotopic (exact) mass is 320 g/mol. The lowest BCUT2D eigenvalue weighted by atomic mass is 10.1. The first-order valence-electron chi connectivity index (χ1n) is 6.10. The third-order valence-electron chi connectivity index (χ3n) is 3.01. The van der Waals surface area contributed by atoms with E-state index in [1.807, 2.05) is 0 Å². The summed E-state index contributed by atoms with van der Waals surface area (Å²) in [5.74, 6) is 0.0185. The molecular formula is C14H10Cl2N4O.